The van der Waals surface area contributed by atoms with Crippen LogP contribution in [0, 0.1) is 6.92 Å². The first-order valence-corrected chi connectivity index (χ1v) is 8.38. The maximum Gasteiger partial charge on any atom is 0.231 e. The van der Waals surface area contributed by atoms with Crippen LogP contribution in [0.15, 0.2) is 41.9 Å². The average Bonchev–Trinajstić information content (AvgIpc) is 3.26. The summed E-state index contributed by atoms with van der Waals surface area (Å²) in [6.07, 6.45) is 1.77. The molecular weight excluding hydrogens is 324 g/mol. The number of hydrogen-bond donors (Lipinski definition) is 1. The van der Waals surface area contributed by atoms with Gasteiger partial charge in [-0.05, 0) is 42.3 Å². The molecule has 1 aliphatic heterocycles. The van der Waals surface area contributed by atoms with Gasteiger partial charge in [-0.2, -0.15) is 0 Å². The predicted octanol–water partition coefficient (Wildman–Crippen LogP) is 4.60. The molecule has 4 rings (SSSR count). The number of anilines is 2. The number of aromatic nitrogens is 1. The van der Waals surface area contributed by atoms with Crippen molar-refractivity contribution in [3.63, 3.8) is 0 Å². The lowest BCUT2D eigenvalue weighted by Gasteiger charge is -2.15. The topological polar surface area (TPSA) is 52.6 Å². The molecule has 0 spiro atoms. The van der Waals surface area contributed by atoms with Gasteiger partial charge in [0.25, 0.3) is 0 Å². The molecule has 1 aliphatic rings. The molecule has 0 saturated heterocycles. The highest BCUT2D eigenvalue weighted by atomic mass is 32.1. The van der Waals surface area contributed by atoms with Crippen LogP contribution < -0.4 is 19.5 Å². The fraction of sp³-hybridized carbons (Fsp3) is 0.167. The highest BCUT2D eigenvalue weighted by Gasteiger charge is 2.23. The van der Waals surface area contributed by atoms with E-state index in [1.54, 1.807) is 24.6 Å². The number of rotatable bonds is 4. The van der Waals surface area contributed by atoms with Crippen molar-refractivity contribution in [1.29, 1.82) is 0 Å². The number of ether oxygens (including phenoxy) is 3. The van der Waals surface area contributed by atoms with Gasteiger partial charge in [0.2, 0.25) is 6.79 Å². The largest absolute Gasteiger partial charge is 0.496 e. The molecule has 0 radical (unpaired) electrons. The highest BCUT2D eigenvalue weighted by molar-refractivity contribution is 7.13. The number of fused-ring (bicyclic) bond motifs is 1. The summed E-state index contributed by atoms with van der Waals surface area (Å²) in [7, 11) is 1.68. The van der Waals surface area contributed by atoms with E-state index < -0.39 is 0 Å². The average molecular weight is 340 g/mol. The van der Waals surface area contributed by atoms with Gasteiger partial charge in [-0.25, -0.2) is 4.98 Å². The molecular formula is C18H16N2O3S. The molecule has 0 bridgehead atoms. The molecule has 5 nitrogen and oxygen atoms in total. The van der Waals surface area contributed by atoms with Crippen molar-refractivity contribution in [3.8, 4) is 28.4 Å². The van der Waals surface area contributed by atoms with Crippen molar-refractivity contribution in [3.05, 3.63) is 47.5 Å². The first-order chi connectivity index (χ1) is 11.8. The fourth-order valence-corrected chi connectivity index (χ4v) is 3.34. The number of hydrogen-bond acceptors (Lipinski definition) is 6. The zero-order valence-corrected chi connectivity index (χ0v) is 14.1. The Morgan fingerprint density at radius 3 is 2.88 bits per heavy atom. The van der Waals surface area contributed by atoms with E-state index in [1.807, 2.05) is 36.6 Å². The number of thiazole rings is 1. The van der Waals surface area contributed by atoms with Crippen LogP contribution in [0.4, 0.5) is 10.8 Å². The molecule has 0 fully saturated rings. The van der Waals surface area contributed by atoms with Gasteiger partial charge in [0.15, 0.2) is 16.6 Å². The summed E-state index contributed by atoms with van der Waals surface area (Å²) < 4.78 is 16.6. The lowest BCUT2D eigenvalue weighted by Crippen LogP contribution is -1.96. The standard InChI is InChI=1S/C18H16N2O3S/c1-11-9-12(3-5-14(11)21-2)16-13(20-18-19-7-8-24-18)4-6-15-17(16)23-10-22-15/h3-9H,10H2,1-2H3,(H,19,20). The summed E-state index contributed by atoms with van der Waals surface area (Å²) in [5.74, 6) is 2.36. The summed E-state index contributed by atoms with van der Waals surface area (Å²) in [6, 6.07) is 9.98. The van der Waals surface area contributed by atoms with Crippen molar-refractivity contribution < 1.29 is 14.2 Å². The van der Waals surface area contributed by atoms with Gasteiger partial charge in [0.1, 0.15) is 5.75 Å². The second kappa shape index (κ2) is 6.05. The van der Waals surface area contributed by atoms with Gasteiger partial charge in [0, 0.05) is 11.6 Å². The molecule has 2 aromatic carbocycles. The van der Waals surface area contributed by atoms with Crippen molar-refractivity contribution in [2.75, 3.05) is 19.2 Å². The number of nitrogens with one attached hydrogen (secondary N) is 1. The maximum atomic E-state index is 5.73. The number of benzene rings is 2. The lowest BCUT2D eigenvalue weighted by molar-refractivity contribution is 0.174. The quantitative estimate of drug-likeness (QED) is 0.752. The van der Waals surface area contributed by atoms with Crippen LogP contribution in [0.1, 0.15) is 5.56 Å². The second-order valence-corrected chi connectivity index (χ2v) is 6.26. The molecule has 24 heavy (non-hydrogen) atoms. The Hall–Kier alpha value is -2.73. The molecule has 0 aliphatic carbocycles. The minimum absolute atomic E-state index is 0.234. The van der Waals surface area contributed by atoms with Gasteiger partial charge in [-0.3, -0.25) is 0 Å². The number of methoxy groups -OCH3 is 1. The summed E-state index contributed by atoms with van der Waals surface area (Å²) >= 11 is 1.55. The monoisotopic (exact) mass is 340 g/mol. The van der Waals surface area contributed by atoms with Gasteiger partial charge in [0.05, 0.1) is 18.4 Å². The Kier molecular flexibility index (Phi) is 3.74. The summed E-state index contributed by atoms with van der Waals surface area (Å²) in [4.78, 5) is 4.30. The van der Waals surface area contributed by atoms with E-state index in [0.29, 0.717) is 0 Å². The molecule has 122 valence electrons. The summed E-state index contributed by atoms with van der Waals surface area (Å²) in [6.45, 7) is 2.26. The Labute approximate surface area is 143 Å². The van der Waals surface area contributed by atoms with Crippen molar-refractivity contribution in [2.24, 2.45) is 0 Å². The Morgan fingerprint density at radius 2 is 2.12 bits per heavy atom. The molecule has 2 heterocycles. The third-order valence-corrected chi connectivity index (χ3v) is 4.59. The molecule has 6 heteroatoms. The van der Waals surface area contributed by atoms with E-state index in [9.17, 15) is 0 Å². The van der Waals surface area contributed by atoms with E-state index in [-0.39, 0.29) is 6.79 Å². The van der Waals surface area contributed by atoms with E-state index >= 15 is 0 Å². The minimum atomic E-state index is 0.234. The Balaban J connectivity index is 1.85. The van der Waals surface area contributed by atoms with Gasteiger partial charge >= 0.3 is 0 Å². The van der Waals surface area contributed by atoms with E-state index in [2.05, 4.69) is 16.4 Å². The SMILES string of the molecule is COc1ccc(-c2c(Nc3nccs3)ccc3c2OCO3)cc1C. The number of aryl methyl sites for hydroxylation is 1. The molecule has 0 unspecified atom stereocenters. The van der Waals surface area contributed by atoms with Gasteiger partial charge < -0.3 is 19.5 Å². The van der Waals surface area contributed by atoms with Crippen LogP contribution in [-0.4, -0.2) is 18.9 Å². The Bertz CT molecular complexity index is 878. The molecule has 0 atom stereocenters. The van der Waals surface area contributed by atoms with Crippen LogP contribution >= 0.6 is 11.3 Å². The van der Waals surface area contributed by atoms with Crippen LogP contribution in [0.5, 0.6) is 17.2 Å². The molecule has 0 amide bonds. The number of nitrogens with zero attached hydrogens (tertiary/aromatic N) is 1. The lowest BCUT2D eigenvalue weighted by atomic mass is 9.99. The predicted molar refractivity (Wildman–Crippen MR) is 94.7 cm³/mol. The third-order valence-electron chi connectivity index (χ3n) is 3.90. The zero-order valence-electron chi connectivity index (χ0n) is 13.3. The van der Waals surface area contributed by atoms with Crippen LogP contribution in [0.2, 0.25) is 0 Å². The smallest absolute Gasteiger partial charge is 0.231 e. The van der Waals surface area contributed by atoms with Gasteiger partial charge in [-0.15, -0.1) is 11.3 Å². The maximum absolute atomic E-state index is 5.73. The molecule has 1 aromatic heterocycles. The van der Waals surface area contributed by atoms with E-state index in [0.717, 1.165) is 44.8 Å². The summed E-state index contributed by atoms with van der Waals surface area (Å²) in [5.41, 5.74) is 3.99. The first kappa shape index (κ1) is 14.8. The van der Waals surface area contributed by atoms with Crippen LogP contribution in [-0.2, 0) is 0 Å². The summed E-state index contributed by atoms with van der Waals surface area (Å²) in [5, 5.41) is 6.14. The van der Waals surface area contributed by atoms with Crippen molar-refractivity contribution in [2.45, 2.75) is 6.92 Å². The zero-order chi connectivity index (χ0) is 16.5. The van der Waals surface area contributed by atoms with E-state index in [1.165, 1.54) is 0 Å². The molecule has 0 saturated carbocycles. The minimum Gasteiger partial charge on any atom is -0.496 e. The normalized spacial score (nSPS) is 12.2. The Morgan fingerprint density at radius 1 is 1.21 bits per heavy atom. The molecule has 3 aromatic rings. The highest BCUT2D eigenvalue weighted by Crippen LogP contribution is 2.47. The fourth-order valence-electron chi connectivity index (χ4n) is 2.80. The third kappa shape index (κ3) is 2.55. The molecule has 1 N–H and O–H groups in total. The van der Waals surface area contributed by atoms with Crippen molar-refractivity contribution >= 4 is 22.2 Å². The van der Waals surface area contributed by atoms with Gasteiger partial charge in [-0.1, -0.05) is 6.07 Å². The van der Waals surface area contributed by atoms with Crippen LogP contribution in [0.3, 0.4) is 0 Å². The van der Waals surface area contributed by atoms with E-state index in [4.69, 9.17) is 14.2 Å². The first-order valence-electron chi connectivity index (χ1n) is 7.50. The van der Waals surface area contributed by atoms with Crippen LogP contribution in [0.25, 0.3) is 11.1 Å². The second-order valence-electron chi connectivity index (χ2n) is 5.37. The van der Waals surface area contributed by atoms with Crippen molar-refractivity contribution in [1.82, 2.24) is 4.98 Å².